The van der Waals surface area contributed by atoms with Crippen molar-refractivity contribution in [2.24, 2.45) is 5.73 Å². The molecule has 0 spiro atoms. The van der Waals surface area contributed by atoms with Gasteiger partial charge in [-0.1, -0.05) is 12.8 Å². The lowest BCUT2D eigenvalue weighted by Gasteiger charge is -2.29. The number of carbonyl (C=O) groups is 1. The quantitative estimate of drug-likeness (QED) is 0.842. The molecular weight excluding hydrogens is 268 g/mol. The van der Waals surface area contributed by atoms with Crippen LogP contribution in [0.3, 0.4) is 0 Å². The van der Waals surface area contributed by atoms with Gasteiger partial charge in [-0.2, -0.15) is 0 Å². The maximum atomic E-state index is 12.7. The first kappa shape index (κ1) is 15.6. The molecule has 2 rings (SSSR count). The van der Waals surface area contributed by atoms with Crippen molar-refractivity contribution in [2.45, 2.75) is 38.1 Å². The molecule has 1 fully saturated rings. The fourth-order valence-electron chi connectivity index (χ4n) is 2.90. The summed E-state index contributed by atoms with van der Waals surface area (Å²) >= 11 is 0. The maximum Gasteiger partial charge on any atom is 0.257 e. The minimum Gasteiger partial charge on any atom is -0.507 e. The van der Waals surface area contributed by atoms with Crippen molar-refractivity contribution >= 4 is 5.91 Å². The van der Waals surface area contributed by atoms with Gasteiger partial charge >= 0.3 is 0 Å². The van der Waals surface area contributed by atoms with E-state index in [9.17, 15) is 9.90 Å². The Bertz CT molecular complexity index is 484. The molecule has 1 amide bonds. The summed E-state index contributed by atoms with van der Waals surface area (Å²) in [6, 6.07) is 5.07. The highest BCUT2D eigenvalue weighted by Gasteiger charge is 2.28. The molecule has 5 nitrogen and oxygen atoms in total. The average Bonchev–Trinajstić information content (AvgIpc) is 3.01. The average molecular weight is 292 g/mol. The molecule has 1 aliphatic carbocycles. The Morgan fingerprint density at radius 3 is 2.71 bits per heavy atom. The van der Waals surface area contributed by atoms with E-state index in [0.29, 0.717) is 24.4 Å². The van der Waals surface area contributed by atoms with Gasteiger partial charge in [0.1, 0.15) is 11.5 Å². The van der Waals surface area contributed by atoms with Crippen LogP contribution in [0.5, 0.6) is 11.5 Å². The first-order valence-corrected chi connectivity index (χ1v) is 7.55. The van der Waals surface area contributed by atoms with Crippen LogP contribution in [0.15, 0.2) is 18.2 Å². The number of ether oxygens (including phenoxy) is 1. The molecule has 1 aromatic carbocycles. The molecule has 5 heteroatoms. The summed E-state index contributed by atoms with van der Waals surface area (Å²) in [5.41, 5.74) is 5.91. The molecule has 1 saturated carbocycles. The fraction of sp³-hybridized carbons (Fsp3) is 0.562. The van der Waals surface area contributed by atoms with Crippen molar-refractivity contribution in [3.05, 3.63) is 23.8 Å². The van der Waals surface area contributed by atoms with Crippen LogP contribution in [0.1, 0.15) is 42.5 Å². The standard InChI is InChI=1S/C16H24N2O3/c1-21-13-7-8-14(15(19)11-13)16(20)18(10-4-9-17)12-5-2-3-6-12/h7-8,11-12,19H,2-6,9-10,17H2,1H3. The lowest BCUT2D eigenvalue weighted by molar-refractivity contribution is 0.0677. The molecule has 0 unspecified atom stereocenters. The topological polar surface area (TPSA) is 75.8 Å². The van der Waals surface area contributed by atoms with Gasteiger partial charge in [0.15, 0.2) is 0 Å². The fourth-order valence-corrected chi connectivity index (χ4v) is 2.90. The first-order valence-electron chi connectivity index (χ1n) is 7.55. The number of hydrogen-bond donors (Lipinski definition) is 2. The third kappa shape index (κ3) is 3.67. The third-order valence-electron chi connectivity index (χ3n) is 4.06. The number of phenols is 1. The summed E-state index contributed by atoms with van der Waals surface area (Å²) in [4.78, 5) is 14.6. The summed E-state index contributed by atoms with van der Waals surface area (Å²) in [5, 5.41) is 10.1. The van der Waals surface area contributed by atoms with E-state index in [-0.39, 0.29) is 17.7 Å². The van der Waals surface area contributed by atoms with Crippen LogP contribution in [0, 0.1) is 0 Å². The van der Waals surface area contributed by atoms with E-state index in [1.165, 1.54) is 13.2 Å². The molecule has 116 valence electrons. The molecular formula is C16H24N2O3. The number of amides is 1. The minimum absolute atomic E-state index is 0.0323. The first-order chi connectivity index (χ1) is 10.2. The molecule has 0 bridgehead atoms. The number of aromatic hydroxyl groups is 1. The van der Waals surface area contributed by atoms with E-state index in [4.69, 9.17) is 10.5 Å². The van der Waals surface area contributed by atoms with E-state index >= 15 is 0 Å². The van der Waals surface area contributed by atoms with Crippen LogP contribution >= 0.6 is 0 Å². The Morgan fingerprint density at radius 1 is 1.43 bits per heavy atom. The second-order valence-electron chi connectivity index (χ2n) is 5.46. The molecule has 0 aliphatic heterocycles. The second-order valence-corrected chi connectivity index (χ2v) is 5.46. The maximum absolute atomic E-state index is 12.7. The van der Waals surface area contributed by atoms with Gasteiger partial charge in [0.25, 0.3) is 5.91 Å². The van der Waals surface area contributed by atoms with Crippen molar-refractivity contribution in [1.82, 2.24) is 4.90 Å². The van der Waals surface area contributed by atoms with E-state index in [1.807, 2.05) is 4.90 Å². The monoisotopic (exact) mass is 292 g/mol. The molecule has 1 aromatic rings. The normalized spacial score (nSPS) is 15.1. The Morgan fingerprint density at radius 2 is 2.14 bits per heavy atom. The van der Waals surface area contributed by atoms with Crippen molar-refractivity contribution in [3.8, 4) is 11.5 Å². The molecule has 0 atom stereocenters. The number of hydrogen-bond acceptors (Lipinski definition) is 4. The zero-order valence-electron chi connectivity index (χ0n) is 12.5. The predicted octanol–water partition coefficient (Wildman–Crippen LogP) is 2.13. The van der Waals surface area contributed by atoms with Gasteiger partial charge in [-0.3, -0.25) is 4.79 Å². The third-order valence-corrected chi connectivity index (χ3v) is 4.06. The van der Waals surface area contributed by atoms with Crippen LogP contribution in [0.2, 0.25) is 0 Å². The van der Waals surface area contributed by atoms with Crippen molar-refractivity contribution in [3.63, 3.8) is 0 Å². The SMILES string of the molecule is COc1ccc(C(=O)N(CCCN)C2CCCC2)c(O)c1. The van der Waals surface area contributed by atoms with E-state index < -0.39 is 0 Å². The van der Waals surface area contributed by atoms with Crippen LogP contribution < -0.4 is 10.5 Å². The highest BCUT2D eigenvalue weighted by Crippen LogP contribution is 2.29. The van der Waals surface area contributed by atoms with Gasteiger partial charge in [0.2, 0.25) is 0 Å². The van der Waals surface area contributed by atoms with E-state index in [2.05, 4.69) is 0 Å². The smallest absolute Gasteiger partial charge is 0.257 e. The zero-order chi connectivity index (χ0) is 15.2. The number of nitrogens with zero attached hydrogens (tertiary/aromatic N) is 1. The van der Waals surface area contributed by atoms with Crippen molar-refractivity contribution < 1.29 is 14.6 Å². The Kier molecular flexibility index (Phi) is 5.44. The second kappa shape index (κ2) is 7.31. The molecule has 3 N–H and O–H groups in total. The molecule has 0 radical (unpaired) electrons. The summed E-state index contributed by atoms with van der Waals surface area (Å²) in [5.74, 6) is 0.393. The largest absolute Gasteiger partial charge is 0.507 e. The Balaban J connectivity index is 2.20. The molecule has 0 aromatic heterocycles. The summed E-state index contributed by atoms with van der Waals surface area (Å²) in [7, 11) is 1.53. The molecule has 0 saturated heterocycles. The molecule has 0 heterocycles. The summed E-state index contributed by atoms with van der Waals surface area (Å²) in [6.07, 6.45) is 5.16. The van der Waals surface area contributed by atoms with Gasteiger partial charge in [0.05, 0.1) is 12.7 Å². The Hall–Kier alpha value is -1.75. The number of nitrogens with two attached hydrogens (primary N) is 1. The Labute approximate surface area is 125 Å². The number of phenolic OH excluding ortho intramolecular Hbond substituents is 1. The van der Waals surface area contributed by atoms with Gasteiger partial charge in [0, 0.05) is 18.7 Å². The minimum atomic E-state index is -0.115. The van der Waals surface area contributed by atoms with Crippen LogP contribution in [0.25, 0.3) is 0 Å². The zero-order valence-corrected chi connectivity index (χ0v) is 12.5. The van der Waals surface area contributed by atoms with Gasteiger partial charge in [-0.25, -0.2) is 0 Å². The highest BCUT2D eigenvalue weighted by atomic mass is 16.5. The number of rotatable bonds is 6. The van der Waals surface area contributed by atoms with Crippen LogP contribution in [-0.2, 0) is 0 Å². The molecule has 21 heavy (non-hydrogen) atoms. The highest BCUT2D eigenvalue weighted by molar-refractivity contribution is 5.97. The summed E-state index contributed by atoms with van der Waals surface area (Å²) < 4.78 is 5.05. The van der Waals surface area contributed by atoms with Gasteiger partial charge < -0.3 is 20.5 Å². The summed E-state index contributed by atoms with van der Waals surface area (Å²) in [6.45, 7) is 1.20. The van der Waals surface area contributed by atoms with Crippen molar-refractivity contribution in [2.75, 3.05) is 20.2 Å². The van der Waals surface area contributed by atoms with Crippen LogP contribution in [0.4, 0.5) is 0 Å². The molecule has 1 aliphatic rings. The van der Waals surface area contributed by atoms with Gasteiger partial charge in [-0.05, 0) is 37.9 Å². The van der Waals surface area contributed by atoms with Crippen molar-refractivity contribution in [1.29, 1.82) is 0 Å². The predicted molar refractivity (Wildman–Crippen MR) is 81.6 cm³/mol. The van der Waals surface area contributed by atoms with E-state index in [0.717, 1.165) is 32.1 Å². The van der Waals surface area contributed by atoms with E-state index in [1.54, 1.807) is 12.1 Å². The number of carbonyl (C=O) groups excluding carboxylic acids is 1. The number of benzene rings is 1. The lowest BCUT2D eigenvalue weighted by atomic mass is 10.1. The van der Waals surface area contributed by atoms with Gasteiger partial charge in [-0.15, -0.1) is 0 Å². The van der Waals surface area contributed by atoms with Crippen LogP contribution in [-0.4, -0.2) is 42.2 Å². The number of methoxy groups -OCH3 is 1. The lowest BCUT2D eigenvalue weighted by Crippen LogP contribution is -2.40.